The number of amides is 1. The van der Waals surface area contributed by atoms with E-state index >= 15 is 0 Å². The fourth-order valence-corrected chi connectivity index (χ4v) is 4.07. The monoisotopic (exact) mass is 376 g/mol. The topological polar surface area (TPSA) is 32.3 Å². The molecule has 0 aliphatic carbocycles. The van der Waals surface area contributed by atoms with E-state index in [1.54, 1.807) is 11.8 Å². The van der Waals surface area contributed by atoms with Crippen molar-refractivity contribution >= 4 is 41.7 Å². The molecule has 0 aromatic heterocycles. The zero-order chi connectivity index (χ0) is 15.9. The van der Waals surface area contributed by atoms with Gasteiger partial charge in [-0.15, -0.1) is 24.2 Å². The zero-order valence-corrected chi connectivity index (χ0v) is 16.1. The summed E-state index contributed by atoms with van der Waals surface area (Å²) in [6.45, 7) is 6.97. The lowest BCUT2D eigenvalue weighted by Gasteiger charge is -2.36. The van der Waals surface area contributed by atoms with Crippen molar-refractivity contribution in [2.45, 2.75) is 49.3 Å². The Labute approximate surface area is 154 Å². The van der Waals surface area contributed by atoms with Gasteiger partial charge in [0, 0.05) is 17.5 Å². The summed E-state index contributed by atoms with van der Waals surface area (Å²) < 4.78 is 0. The average Bonchev–Trinajstić information content (AvgIpc) is 2.55. The molecule has 1 unspecified atom stereocenters. The first-order chi connectivity index (χ1) is 10.6. The van der Waals surface area contributed by atoms with E-state index in [0.29, 0.717) is 6.04 Å². The van der Waals surface area contributed by atoms with Gasteiger partial charge in [0.05, 0.1) is 10.3 Å². The normalized spacial score (nSPS) is 16.5. The van der Waals surface area contributed by atoms with E-state index in [4.69, 9.17) is 11.6 Å². The van der Waals surface area contributed by atoms with E-state index in [1.807, 2.05) is 31.2 Å². The van der Waals surface area contributed by atoms with Crippen LogP contribution in [-0.2, 0) is 4.79 Å². The third-order valence-corrected chi connectivity index (χ3v) is 5.59. The summed E-state index contributed by atoms with van der Waals surface area (Å²) in [4.78, 5) is 16.0. The van der Waals surface area contributed by atoms with Gasteiger partial charge in [-0.1, -0.05) is 30.7 Å². The molecular formula is C17H26Cl2N2OS. The minimum absolute atomic E-state index is 0. The second kappa shape index (κ2) is 10.4. The lowest BCUT2D eigenvalue weighted by Crippen LogP contribution is -2.48. The SMILES string of the molecule is CCCN(C(=O)C(C)Sc1ccccc1Cl)C1CCNCC1.Cl. The van der Waals surface area contributed by atoms with Crippen LogP contribution in [0, 0.1) is 0 Å². The van der Waals surface area contributed by atoms with Crippen LogP contribution in [0.15, 0.2) is 29.2 Å². The molecule has 1 saturated heterocycles. The van der Waals surface area contributed by atoms with Gasteiger partial charge in [-0.05, 0) is 51.4 Å². The third kappa shape index (κ3) is 5.86. The number of piperidine rings is 1. The maximum absolute atomic E-state index is 12.9. The summed E-state index contributed by atoms with van der Waals surface area (Å²) in [5, 5.41) is 3.98. The zero-order valence-electron chi connectivity index (χ0n) is 13.8. The molecule has 23 heavy (non-hydrogen) atoms. The highest BCUT2D eigenvalue weighted by Crippen LogP contribution is 2.31. The Balaban J connectivity index is 0.00000264. The molecule has 3 nitrogen and oxygen atoms in total. The number of nitrogens with one attached hydrogen (secondary N) is 1. The van der Waals surface area contributed by atoms with Crippen molar-refractivity contribution in [1.82, 2.24) is 10.2 Å². The third-order valence-electron chi connectivity index (χ3n) is 3.99. The molecule has 1 atom stereocenters. The highest BCUT2D eigenvalue weighted by molar-refractivity contribution is 8.00. The van der Waals surface area contributed by atoms with Crippen LogP contribution in [0.4, 0.5) is 0 Å². The average molecular weight is 377 g/mol. The molecule has 1 aliphatic heterocycles. The van der Waals surface area contributed by atoms with Crippen molar-refractivity contribution < 1.29 is 4.79 Å². The summed E-state index contributed by atoms with van der Waals surface area (Å²) in [5.74, 6) is 0.235. The largest absolute Gasteiger partial charge is 0.339 e. The Morgan fingerprint density at radius 1 is 1.39 bits per heavy atom. The first-order valence-corrected chi connectivity index (χ1v) is 9.31. The summed E-state index contributed by atoms with van der Waals surface area (Å²) in [6.07, 6.45) is 3.10. The lowest BCUT2D eigenvalue weighted by molar-refractivity contribution is -0.133. The highest BCUT2D eigenvalue weighted by atomic mass is 35.5. The molecule has 1 aromatic carbocycles. The van der Waals surface area contributed by atoms with Gasteiger partial charge in [-0.3, -0.25) is 4.79 Å². The van der Waals surface area contributed by atoms with Gasteiger partial charge in [-0.2, -0.15) is 0 Å². The number of rotatable bonds is 6. The summed E-state index contributed by atoms with van der Waals surface area (Å²) >= 11 is 7.77. The fourth-order valence-electron chi connectivity index (χ4n) is 2.85. The van der Waals surface area contributed by atoms with E-state index in [-0.39, 0.29) is 23.6 Å². The number of carbonyl (C=O) groups is 1. The number of benzene rings is 1. The molecule has 1 fully saturated rings. The van der Waals surface area contributed by atoms with Crippen LogP contribution >= 0.6 is 35.8 Å². The molecule has 1 amide bonds. The smallest absolute Gasteiger partial charge is 0.236 e. The molecule has 1 N–H and O–H groups in total. The van der Waals surface area contributed by atoms with E-state index in [1.165, 1.54) is 0 Å². The van der Waals surface area contributed by atoms with Gasteiger partial charge >= 0.3 is 0 Å². The lowest BCUT2D eigenvalue weighted by atomic mass is 10.0. The molecule has 130 valence electrons. The van der Waals surface area contributed by atoms with Crippen LogP contribution < -0.4 is 5.32 Å². The minimum atomic E-state index is -0.110. The van der Waals surface area contributed by atoms with E-state index < -0.39 is 0 Å². The summed E-state index contributed by atoms with van der Waals surface area (Å²) in [7, 11) is 0. The molecule has 0 saturated carbocycles. The number of nitrogens with zero attached hydrogens (tertiary/aromatic N) is 1. The Bertz CT molecular complexity index is 495. The number of hydrogen-bond acceptors (Lipinski definition) is 3. The van der Waals surface area contributed by atoms with Crippen molar-refractivity contribution in [3.05, 3.63) is 29.3 Å². The molecule has 1 aromatic rings. The molecule has 0 radical (unpaired) electrons. The Hall–Kier alpha value is -0.420. The van der Waals surface area contributed by atoms with Gasteiger partial charge in [0.1, 0.15) is 0 Å². The van der Waals surface area contributed by atoms with Crippen LogP contribution in [0.3, 0.4) is 0 Å². The first-order valence-electron chi connectivity index (χ1n) is 8.06. The van der Waals surface area contributed by atoms with Gasteiger partial charge in [0.2, 0.25) is 5.91 Å². The van der Waals surface area contributed by atoms with Crippen molar-refractivity contribution in [2.24, 2.45) is 0 Å². The number of hydrogen-bond donors (Lipinski definition) is 1. The second-order valence-electron chi connectivity index (χ2n) is 5.70. The molecule has 6 heteroatoms. The van der Waals surface area contributed by atoms with E-state index in [2.05, 4.69) is 17.1 Å². The Kier molecular flexibility index (Phi) is 9.37. The van der Waals surface area contributed by atoms with Crippen molar-refractivity contribution in [3.8, 4) is 0 Å². The number of thioether (sulfide) groups is 1. The summed E-state index contributed by atoms with van der Waals surface area (Å²) in [6, 6.07) is 8.10. The minimum Gasteiger partial charge on any atom is -0.339 e. The van der Waals surface area contributed by atoms with Crippen molar-refractivity contribution in [2.75, 3.05) is 19.6 Å². The van der Waals surface area contributed by atoms with Gasteiger partial charge in [0.25, 0.3) is 0 Å². The predicted octanol–water partition coefficient (Wildman–Crippen LogP) is 4.23. The molecule has 1 heterocycles. The highest BCUT2D eigenvalue weighted by Gasteiger charge is 2.28. The molecule has 2 rings (SSSR count). The van der Waals surface area contributed by atoms with Crippen LogP contribution in [0.25, 0.3) is 0 Å². The molecule has 0 bridgehead atoms. The van der Waals surface area contributed by atoms with Crippen molar-refractivity contribution in [1.29, 1.82) is 0 Å². The van der Waals surface area contributed by atoms with Gasteiger partial charge in [0.15, 0.2) is 0 Å². The molecule has 1 aliphatic rings. The van der Waals surface area contributed by atoms with Crippen LogP contribution in [0.5, 0.6) is 0 Å². The maximum Gasteiger partial charge on any atom is 0.236 e. The quantitative estimate of drug-likeness (QED) is 0.753. The van der Waals surface area contributed by atoms with Crippen LogP contribution in [0.1, 0.15) is 33.1 Å². The van der Waals surface area contributed by atoms with E-state index in [0.717, 1.165) is 48.8 Å². The maximum atomic E-state index is 12.9. The van der Waals surface area contributed by atoms with Crippen LogP contribution in [-0.4, -0.2) is 41.7 Å². The van der Waals surface area contributed by atoms with Gasteiger partial charge in [-0.25, -0.2) is 0 Å². The standard InChI is InChI=1S/C17H25ClN2OS.ClH/c1-3-12-20(14-8-10-19-11-9-14)17(21)13(2)22-16-7-5-4-6-15(16)18;/h4-7,13-14,19H,3,8-12H2,1-2H3;1H. The number of carbonyl (C=O) groups excluding carboxylic acids is 1. The van der Waals surface area contributed by atoms with E-state index in [9.17, 15) is 4.79 Å². The number of halogens is 2. The van der Waals surface area contributed by atoms with Gasteiger partial charge < -0.3 is 10.2 Å². The second-order valence-corrected chi connectivity index (χ2v) is 7.49. The Morgan fingerprint density at radius 3 is 2.65 bits per heavy atom. The fraction of sp³-hybridized carbons (Fsp3) is 0.588. The molecular weight excluding hydrogens is 351 g/mol. The predicted molar refractivity (Wildman–Crippen MR) is 102 cm³/mol. The Morgan fingerprint density at radius 2 is 2.04 bits per heavy atom. The van der Waals surface area contributed by atoms with Crippen molar-refractivity contribution in [3.63, 3.8) is 0 Å². The van der Waals surface area contributed by atoms with Crippen LogP contribution in [0.2, 0.25) is 5.02 Å². The first kappa shape index (κ1) is 20.6. The molecule has 0 spiro atoms. The summed E-state index contributed by atoms with van der Waals surface area (Å²) in [5.41, 5.74) is 0.